The molecule has 0 radical (unpaired) electrons. The van der Waals surface area contributed by atoms with E-state index in [2.05, 4.69) is 5.32 Å². The summed E-state index contributed by atoms with van der Waals surface area (Å²) in [6.07, 6.45) is 4.67. The van der Waals surface area contributed by atoms with Gasteiger partial charge in [0.15, 0.2) is 0 Å². The third-order valence-corrected chi connectivity index (χ3v) is 4.02. The van der Waals surface area contributed by atoms with Crippen LogP contribution in [0, 0.1) is 0 Å². The van der Waals surface area contributed by atoms with E-state index in [0.717, 1.165) is 12.8 Å². The maximum absolute atomic E-state index is 12.5. The van der Waals surface area contributed by atoms with Gasteiger partial charge in [0.05, 0.1) is 11.8 Å². The zero-order valence-corrected chi connectivity index (χ0v) is 15.1. The van der Waals surface area contributed by atoms with Gasteiger partial charge in [0.1, 0.15) is 6.26 Å². The van der Waals surface area contributed by atoms with Crippen LogP contribution in [0.2, 0.25) is 0 Å². The molecule has 0 aliphatic carbocycles. The second-order valence-electron chi connectivity index (χ2n) is 5.99. The highest BCUT2D eigenvalue weighted by Crippen LogP contribution is 2.07. The maximum atomic E-state index is 12.5. The van der Waals surface area contributed by atoms with Gasteiger partial charge in [-0.1, -0.05) is 30.3 Å². The van der Waals surface area contributed by atoms with Crippen LogP contribution in [0.5, 0.6) is 0 Å². The summed E-state index contributed by atoms with van der Waals surface area (Å²) in [6, 6.07) is 11.6. The minimum absolute atomic E-state index is 0.0577. The molecule has 2 rings (SSSR count). The number of nitrogens with one attached hydrogen (secondary N) is 1. The standard InChI is InChI=1S/C20H26N2O4/c1-25-14-5-12-22(20(24)18-10-15-26-16-18)13-9-19(23)21-11-8-17-6-3-2-4-7-17/h2-4,6-7,10,15-16H,5,8-9,11-14H2,1H3,(H,21,23). The highest BCUT2D eigenvalue weighted by Gasteiger charge is 2.17. The molecule has 1 aromatic heterocycles. The fraction of sp³-hybridized carbons (Fsp3) is 0.400. The number of benzene rings is 1. The van der Waals surface area contributed by atoms with Crippen LogP contribution in [0.25, 0.3) is 0 Å². The molecule has 6 heteroatoms. The molecule has 0 aliphatic rings. The first kappa shape index (κ1) is 19.7. The average Bonchev–Trinajstić information content (AvgIpc) is 3.19. The first-order chi connectivity index (χ1) is 12.7. The number of furan rings is 1. The molecular weight excluding hydrogens is 332 g/mol. The molecular formula is C20H26N2O4. The van der Waals surface area contributed by atoms with Gasteiger partial charge in [0.25, 0.3) is 5.91 Å². The van der Waals surface area contributed by atoms with E-state index in [-0.39, 0.29) is 18.2 Å². The molecule has 0 spiro atoms. The number of carbonyl (C=O) groups excluding carboxylic acids is 2. The number of hydrogen-bond donors (Lipinski definition) is 1. The van der Waals surface area contributed by atoms with Gasteiger partial charge >= 0.3 is 0 Å². The lowest BCUT2D eigenvalue weighted by molar-refractivity contribution is -0.121. The quantitative estimate of drug-likeness (QED) is 0.627. The summed E-state index contributed by atoms with van der Waals surface area (Å²) >= 11 is 0. The summed E-state index contributed by atoms with van der Waals surface area (Å²) in [5.74, 6) is -0.190. The van der Waals surface area contributed by atoms with E-state index < -0.39 is 0 Å². The molecule has 0 saturated carbocycles. The molecule has 0 fully saturated rings. The summed E-state index contributed by atoms with van der Waals surface area (Å²) in [5, 5.41) is 2.91. The molecule has 2 aromatic rings. The van der Waals surface area contributed by atoms with Crippen LogP contribution in [0.15, 0.2) is 53.3 Å². The van der Waals surface area contributed by atoms with Crippen molar-refractivity contribution in [2.24, 2.45) is 0 Å². The Balaban J connectivity index is 1.77. The Morgan fingerprint density at radius 3 is 2.65 bits per heavy atom. The summed E-state index contributed by atoms with van der Waals surface area (Å²) < 4.78 is 10.0. The largest absolute Gasteiger partial charge is 0.472 e. The van der Waals surface area contributed by atoms with Crippen molar-refractivity contribution in [1.29, 1.82) is 0 Å². The fourth-order valence-electron chi connectivity index (χ4n) is 2.60. The van der Waals surface area contributed by atoms with Gasteiger partial charge in [-0.3, -0.25) is 9.59 Å². The van der Waals surface area contributed by atoms with Crippen molar-refractivity contribution >= 4 is 11.8 Å². The predicted octanol–water partition coefficient (Wildman–Crippen LogP) is 2.51. The third-order valence-electron chi connectivity index (χ3n) is 4.02. The second kappa shape index (κ2) is 11.1. The molecule has 2 amide bonds. The van der Waals surface area contributed by atoms with E-state index in [0.29, 0.717) is 31.8 Å². The maximum Gasteiger partial charge on any atom is 0.257 e. The number of ether oxygens (including phenoxy) is 1. The number of hydrogen-bond acceptors (Lipinski definition) is 4. The summed E-state index contributed by atoms with van der Waals surface area (Å²) in [6.45, 7) is 2.06. The Kier molecular flexibility index (Phi) is 8.42. The lowest BCUT2D eigenvalue weighted by atomic mass is 10.1. The van der Waals surface area contributed by atoms with Crippen molar-refractivity contribution in [3.63, 3.8) is 0 Å². The van der Waals surface area contributed by atoms with Gasteiger partial charge in [0.2, 0.25) is 5.91 Å². The molecule has 1 aromatic carbocycles. The highest BCUT2D eigenvalue weighted by atomic mass is 16.5. The summed E-state index contributed by atoms with van der Waals surface area (Å²) in [7, 11) is 1.63. The van der Waals surface area contributed by atoms with Crippen LogP contribution in [0.4, 0.5) is 0 Å². The molecule has 0 aliphatic heterocycles. The summed E-state index contributed by atoms with van der Waals surface area (Å²) in [5.41, 5.74) is 1.68. The van der Waals surface area contributed by atoms with Gasteiger partial charge in [-0.15, -0.1) is 0 Å². The molecule has 140 valence electrons. The van der Waals surface area contributed by atoms with Crippen LogP contribution >= 0.6 is 0 Å². The Hall–Kier alpha value is -2.60. The Morgan fingerprint density at radius 2 is 1.96 bits per heavy atom. The molecule has 1 heterocycles. The average molecular weight is 358 g/mol. The number of amides is 2. The first-order valence-electron chi connectivity index (χ1n) is 8.81. The fourth-order valence-corrected chi connectivity index (χ4v) is 2.60. The topological polar surface area (TPSA) is 71.8 Å². The number of rotatable bonds is 11. The molecule has 26 heavy (non-hydrogen) atoms. The Bertz CT molecular complexity index is 656. The van der Waals surface area contributed by atoms with Crippen molar-refractivity contribution < 1.29 is 18.7 Å². The van der Waals surface area contributed by atoms with Crippen molar-refractivity contribution in [3.05, 3.63) is 60.1 Å². The van der Waals surface area contributed by atoms with Crippen molar-refractivity contribution in [2.45, 2.75) is 19.3 Å². The van der Waals surface area contributed by atoms with E-state index in [1.54, 1.807) is 18.1 Å². The normalized spacial score (nSPS) is 10.5. The monoisotopic (exact) mass is 358 g/mol. The lowest BCUT2D eigenvalue weighted by Gasteiger charge is -2.22. The van der Waals surface area contributed by atoms with E-state index in [1.807, 2.05) is 30.3 Å². The van der Waals surface area contributed by atoms with Crippen molar-refractivity contribution in [1.82, 2.24) is 10.2 Å². The lowest BCUT2D eigenvalue weighted by Crippen LogP contribution is -2.36. The van der Waals surface area contributed by atoms with Crippen LogP contribution in [-0.2, 0) is 16.0 Å². The Labute approximate surface area is 154 Å². The van der Waals surface area contributed by atoms with Crippen molar-refractivity contribution in [2.75, 3.05) is 33.4 Å². The van der Waals surface area contributed by atoms with Gasteiger partial charge in [-0.2, -0.15) is 0 Å². The van der Waals surface area contributed by atoms with Crippen LogP contribution in [0.3, 0.4) is 0 Å². The van der Waals surface area contributed by atoms with E-state index in [1.165, 1.54) is 18.1 Å². The number of carbonyl (C=O) groups is 2. The van der Waals surface area contributed by atoms with Crippen molar-refractivity contribution in [3.8, 4) is 0 Å². The predicted molar refractivity (Wildman–Crippen MR) is 98.9 cm³/mol. The van der Waals surface area contributed by atoms with Crippen LogP contribution in [-0.4, -0.2) is 50.1 Å². The molecule has 0 bridgehead atoms. The van der Waals surface area contributed by atoms with E-state index >= 15 is 0 Å². The molecule has 0 unspecified atom stereocenters. The smallest absolute Gasteiger partial charge is 0.257 e. The zero-order chi connectivity index (χ0) is 18.6. The highest BCUT2D eigenvalue weighted by molar-refractivity contribution is 5.94. The van der Waals surface area contributed by atoms with Crippen LogP contribution < -0.4 is 5.32 Å². The summed E-state index contributed by atoms with van der Waals surface area (Å²) in [4.78, 5) is 26.3. The van der Waals surface area contributed by atoms with E-state index in [9.17, 15) is 9.59 Å². The number of nitrogens with zero attached hydrogens (tertiary/aromatic N) is 1. The minimum Gasteiger partial charge on any atom is -0.472 e. The Morgan fingerprint density at radius 1 is 1.15 bits per heavy atom. The minimum atomic E-state index is -0.132. The molecule has 1 N–H and O–H groups in total. The van der Waals surface area contributed by atoms with Gasteiger partial charge in [-0.25, -0.2) is 0 Å². The van der Waals surface area contributed by atoms with E-state index in [4.69, 9.17) is 9.15 Å². The molecule has 6 nitrogen and oxygen atoms in total. The molecule has 0 saturated heterocycles. The van der Waals surface area contributed by atoms with Gasteiger partial charge in [0, 0.05) is 39.8 Å². The molecule has 0 atom stereocenters. The zero-order valence-electron chi connectivity index (χ0n) is 15.1. The third kappa shape index (κ3) is 6.72. The second-order valence-corrected chi connectivity index (χ2v) is 5.99. The number of methoxy groups -OCH3 is 1. The first-order valence-corrected chi connectivity index (χ1v) is 8.81. The SMILES string of the molecule is COCCCN(CCC(=O)NCCc1ccccc1)C(=O)c1ccoc1. The van der Waals surface area contributed by atoms with Gasteiger partial charge in [-0.05, 0) is 24.5 Å². The van der Waals surface area contributed by atoms with Gasteiger partial charge < -0.3 is 19.4 Å². The van der Waals surface area contributed by atoms with Crippen LogP contribution in [0.1, 0.15) is 28.8 Å².